The van der Waals surface area contributed by atoms with Gasteiger partial charge in [0.25, 0.3) is 5.91 Å². The molecule has 118 valence electrons. The molecule has 2 rings (SSSR count). The lowest BCUT2D eigenvalue weighted by Gasteiger charge is -2.20. The summed E-state index contributed by atoms with van der Waals surface area (Å²) in [6.45, 7) is -0.255. The van der Waals surface area contributed by atoms with Crippen LogP contribution in [0.3, 0.4) is 0 Å². The van der Waals surface area contributed by atoms with Gasteiger partial charge in [-0.15, -0.1) is 0 Å². The number of carbonyl (C=O) groups excluding carboxylic acids is 3. The number of Topliss-reactive ketones (excluding diaryl/α,β-unsaturated/α-hetero) is 1. The maximum Gasteiger partial charge on any atom is 0.326 e. The van der Waals surface area contributed by atoms with E-state index in [4.69, 9.17) is 9.47 Å². The number of ether oxygens (including phenoxy) is 2. The molecule has 1 atom stereocenters. The molecule has 1 aliphatic rings. The molecular weight excluding hydrogens is 286 g/mol. The number of rotatable bonds is 5. The summed E-state index contributed by atoms with van der Waals surface area (Å²) >= 11 is 0. The third-order valence-corrected chi connectivity index (χ3v) is 3.52. The molecule has 22 heavy (non-hydrogen) atoms. The van der Waals surface area contributed by atoms with Crippen LogP contribution in [0.25, 0.3) is 0 Å². The summed E-state index contributed by atoms with van der Waals surface area (Å²) in [6.07, 6.45) is 2.09. The summed E-state index contributed by atoms with van der Waals surface area (Å²) in [7, 11) is 1.54. The van der Waals surface area contributed by atoms with Crippen molar-refractivity contribution < 1.29 is 23.9 Å². The minimum absolute atomic E-state index is 0.0407. The highest BCUT2D eigenvalue weighted by atomic mass is 16.5. The molecule has 0 heterocycles. The first-order chi connectivity index (χ1) is 10.6. The van der Waals surface area contributed by atoms with Crippen molar-refractivity contribution in [2.75, 3.05) is 13.7 Å². The van der Waals surface area contributed by atoms with Crippen LogP contribution < -0.4 is 10.1 Å². The summed E-state index contributed by atoms with van der Waals surface area (Å²) in [6, 6.07) is 6.52. The van der Waals surface area contributed by atoms with Crippen LogP contribution >= 0.6 is 0 Å². The Balaban J connectivity index is 1.79. The highest BCUT2D eigenvalue weighted by Crippen LogP contribution is 2.17. The summed E-state index contributed by atoms with van der Waals surface area (Å²) in [5.74, 6) is -0.371. The van der Waals surface area contributed by atoms with Gasteiger partial charge in [0.1, 0.15) is 12.3 Å². The number of methoxy groups -OCH3 is 1. The van der Waals surface area contributed by atoms with E-state index in [-0.39, 0.29) is 18.2 Å². The van der Waals surface area contributed by atoms with Crippen molar-refractivity contribution in [2.24, 2.45) is 0 Å². The number of hydrogen-bond donors (Lipinski definition) is 1. The minimum Gasteiger partial charge on any atom is -0.497 e. The van der Waals surface area contributed by atoms with E-state index < -0.39 is 12.1 Å². The lowest BCUT2D eigenvalue weighted by molar-refractivity contribution is -0.155. The van der Waals surface area contributed by atoms with Gasteiger partial charge in [0.05, 0.1) is 7.11 Å². The monoisotopic (exact) mass is 305 g/mol. The Morgan fingerprint density at radius 1 is 1.23 bits per heavy atom. The minimum atomic E-state index is -0.654. The molecule has 0 saturated heterocycles. The van der Waals surface area contributed by atoms with Crippen LogP contribution in [-0.4, -0.2) is 37.4 Å². The first-order valence-electron chi connectivity index (χ1n) is 7.24. The molecule has 0 spiro atoms. The highest BCUT2D eigenvalue weighted by molar-refractivity contribution is 5.96. The molecule has 1 saturated carbocycles. The van der Waals surface area contributed by atoms with Gasteiger partial charge in [-0.3, -0.25) is 14.4 Å². The highest BCUT2D eigenvalue weighted by Gasteiger charge is 2.25. The fraction of sp³-hybridized carbons (Fsp3) is 0.438. The van der Waals surface area contributed by atoms with Crippen molar-refractivity contribution >= 4 is 17.7 Å². The number of carbonyl (C=O) groups is 3. The van der Waals surface area contributed by atoms with E-state index in [2.05, 4.69) is 5.32 Å². The predicted molar refractivity (Wildman–Crippen MR) is 78.7 cm³/mol. The van der Waals surface area contributed by atoms with Crippen LogP contribution in [0.2, 0.25) is 0 Å². The normalized spacial score (nSPS) is 17.7. The first kappa shape index (κ1) is 16.0. The van der Waals surface area contributed by atoms with Gasteiger partial charge in [0.15, 0.2) is 11.9 Å². The predicted octanol–water partition coefficient (Wildman–Crippen LogP) is 1.48. The standard InChI is InChI=1S/C16H19NO5/c1-21-12-8-6-11(7-9-12)16(20)17-10-15(19)22-14-5-3-2-4-13(14)18/h6-9,14H,2-5,10H2,1H3,(H,17,20)/t14-/m0/s1. The maximum absolute atomic E-state index is 11.9. The Labute approximate surface area is 128 Å². The van der Waals surface area contributed by atoms with E-state index in [0.717, 1.165) is 12.8 Å². The summed E-state index contributed by atoms with van der Waals surface area (Å²) < 4.78 is 10.1. The first-order valence-corrected chi connectivity index (χ1v) is 7.24. The fourth-order valence-corrected chi connectivity index (χ4v) is 2.27. The maximum atomic E-state index is 11.9. The molecular formula is C16H19NO5. The second-order valence-corrected chi connectivity index (χ2v) is 5.10. The second kappa shape index (κ2) is 7.59. The number of benzene rings is 1. The number of hydrogen-bond acceptors (Lipinski definition) is 5. The summed E-state index contributed by atoms with van der Waals surface area (Å²) in [4.78, 5) is 35.1. The van der Waals surface area contributed by atoms with E-state index in [9.17, 15) is 14.4 Å². The summed E-state index contributed by atoms with van der Waals surface area (Å²) in [5, 5.41) is 2.48. The molecule has 1 aliphatic carbocycles. The lowest BCUT2D eigenvalue weighted by atomic mass is 9.96. The van der Waals surface area contributed by atoms with Gasteiger partial charge in [-0.1, -0.05) is 0 Å². The number of esters is 1. The van der Waals surface area contributed by atoms with Gasteiger partial charge in [-0.2, -0.15) is 0 Å². The van der Waals surface area contributed by atoms with Gasteiger partial charge < -0.3 is 14.8 Å². The molecule has 1 N–H and O–H groups in total. The quantitative estimate of drug-likeness (QED) is 0.833. The SMILES string of the molecule is COc1ccc(C(=O)NCC(=O)O[C@H]2CCCCC2=O)cc1. The molecule has 1 aromatic rings. The Hall–Kier alpha value is -2.37. The molecule has 6 nitrogen and oxygen atoms in total. The van der Waals surface area contributed by atoms with Gasteiger partial charge in [-0.05, 0) is 43.5 Å². The van der Waals surface area contributed by atoms with Gasteiger partial charge in [0, 0.05) is 12.0 Å². The van der Waals surface area contributed by atoms with Crippen molar-refractivity contribution in [2.45, 2.75) is 31.8 Å². The second-order valence-electron chi connectivity index (χ2n) is 5.10. The molecule has 1 aromatic carbocycles. The van der Waals surface area contributed by atoms with Crippen LogP contribution in [-0.2, 0) is 14.3 Å². The molecule has 1 amide bonds. The van der Waals surface area contributed by atoms with Crippen LogP contribution in [0.4, 0.5) is 0 Å². The van der Waals surface area contributed by atoms with E-state index in [1.165, 1.54) is 7.11 Å². The molecule has 0 aromatic heterocycles. The zero-order chi connectivity index (χ0) is 15.9. The molecule has 0 bridgehead atoms. The van der Waals surface area contributed by atoms with Crippen molar-refractivity contribution in [1.82, 2.24) is 5.32 Å². The topological polar surface area (TPSA) is 81.7 Å². The fourth-order valence-electron chi connectivity index (χ4n) is 2.27. The Morgan fingerprint density at radius 2 is 1.95 bits per heavy atom. The third-order valence-electron chi connectivity index (χ3n) is 3.52. The zero-order valence-corrected chi connectivity index (χ0v) is 12.5. The average Bonchev–Trinajstić information content (AvgIpc) is 2.55. The molecule has 0 aliphatic heterocycles. The number of nitrogens with one attached hydrogen (secondary N) is 1. The largest absolute Gasteiger partial charge is 0.497 e. The smallest absolute Gasteiger partial charge is 0.326 e. The third kappa shape index (κ3) is 4.31. The number of amides is 1. The zero-order valence-electron chi connectivity index (χ0n) is 12.5. The van der Waals surface area contributed by atoms with Gasteiger partial charge in [-0.25, -0.2) is 0 Å². The Morgan fingerprint density at radius 3 is 2.59 bits per heavy atom. The number of ketones is 1. The lowest BCUT2D eigenvalue weighted by Crippen LogP contribution is -2.36. The van der Waals surface area contributed by atoms with Gasteiger partial charge >= 0.3 is 5.97 Å². The van der Waals surface area contributed by atoms with Crippen LogP contribution in [0.1, 0.15) is 36.0 Å². The van der Waals surface area contributed by atoms with Crippen LogP contribution in [0, 0.1) is 0 Å². The summed E-state index contributed by atoms with van der Waals surface area (Å²) in [5.41, 5.74) is 0.419. The molecule has 0 radical (unpaired) electrons. The van der Waals surface area contributed by atoms with E-state index in [1.807, 2.05) is 0 Å². The van der Waals surface area contributed by atoms with Crippen molar-refractivity contribution in [3.8, 4) is 5.75 Å². The van der Waals surface area contributed by atoms with E-state index in [0.29, 0.717) is 24.2 Å². The molecule has 1 fully saturated rings. The van der Waals surface area contributed by atoms with Gasteiger partial charge in [0.2, 0.25) is 0 Å². The van der Waals surface area contributed by atoms with Crippen LogP contribution in [0.5, 0.6) is 5.75 Å². The molecule has 6 heteroatoms. The average molecular weight is 305 g/mol. The van der Waals surface area contributed by atoms with E-state index in [1.54, 1.807) is 24.3 Å². The van der Waals surface area contributed by atoms with Crippen molar-refractivity contribution in [3.63, 3.8) is 0 Å². The Kier molecular flexibility index (Phi) is 5.52. The van der Waals surface area contributed by atoms with E-state index >= 15 is 0 Å². The Bertz CT molecular complexity index is 552. The van der Waals surface area contributed by atoms with Crippen molar-refractivity contribution in [3.05, 3.63) is 29.8 Å². The van der Waals surface area contributed by atoms with Crippen molar-refractivity contribution in [1.29, 1.82) is 0 Å². The molecule has 0 unspecified atom stereocenters. The van der Waals surface area contributed by atoms with Crippen LogP contribution in [0.15, 0.2) is 24.3 Å².